The van der Waals surface area contributed by atoms with Crippen molar-refractivity contribution in [2.45, 2.75) is 0 Å². The van der Waals surface area contributed by atoms with Gasteiger partial charge >= 0.3 is 0 Å². The van der Waals surface area contributed by atoms with Gasteiger partial charge in [0, 0.05) is 16.5 Å². The molecule has 0 atom stereocenters. The van der Waals surface area contributed by atoms with Crippen molar-refractivity contribution < 1.29 is 5.43 Å². The molecule has 0 radical (unpaired) electrons. The third-order valence-electron chi connectivity index (χ3n) is 2.37. The zero-order valence-electron chi connectivity index (χ0n) is 10.4. The van der Waals surface area contributed by atoms with E-state index in [2.05, 4.69) is 26.8 Å². The van der Waals surface area contributed by atoms with E-state index in [0.29, 0.717) is 0 Å². The number of rotatable bonds is 3. The van der Waals surface area contributed by atoms with Crippen LogP contribution >= 0.6 is 23.5 Å². The minimum atomic E-state index is 0.815. The van der Waals surface area contributed by atoms with E-state index in [0.717, 1.165) is 21.6 Å². The first-order valence-corrected chi connectivity index (χ1v) is 7.49. The molecule has 100 valence electrons. The van der Waals surface area contributed by atoms with Crippen LogP contribution in [0.15, 0.2) is 65.2 Å². The lowest BCUT2D eigenvalue weighted by Gasteiger charge is -2.16. The molecule has 8 heteroatoms. The number of nitrogens with zero attached hydrogens (tertiary/aromatic N) is 5. The Kier molecular flexibility index (Phi) is 3.95. The van der Waals surface area contributed by atoms with Gasteiger partial charge in [-0.2, -0.15) is 10.5 Å². The molecule has 0 aromatic heterocycles. The minimum Gasteiger partial charge on any atom is -0.235 e. The molecule has 3 heterocycles. The summed E-state index contributed by atoms with van der Waals surface area (Å²) in [5.74, 6) is 1.65. The zero-order valence-corrected chi connectivity index (χ0v) is 12.0. The Labute approximate surface area is 124 Å². The Morgan fingerprint density at radius 3 is 3.05 bits per heavy atom. The molecule has 0 aromatic carbocycles. The molecule has 20 heavy (non-hydrogen) atoms. The predicted molar refractivity (Wildman–Crippen MR) is 86.3 cm³/mol. The van der Waals surface area contributed by atoms with Crippen LogP contribution in [0.2, 0.25) is 0 Å². The normalized spacial score (nSPS) is 23.6. The molecular weight excluding hydrogens is 292 g/mol. The number of aliphatic imine (C=N–C) groups is 2. The fraction of sp³-hybridized carbons (Fsp3) is 0. The Bertz CT molecular complexity index is 638. The largest absolute Gasteiger partial charge is 0.257 e. The summed E-state index contributed by atoms with van der Waals surface area (Å²) in [5, 5.41) is 14.9. The van der Waals surface area contributed by atoms with Crippen LogP contribution < -0.4 is 5.43 Å². The standard InChI is InChI=1S/C12H10N6S2/c1-9(19-7-10-13-2-4-15-17-10)6-12-18-11(8-20-12)14-3-5-16-18/h2-8,17H,1H2/p+1/b10-7-,12-6-. The van der Waals surface area contributed by atoms with Crippen molar-refractivity contribution in [2.24, 2.45) is 20.2 Å². The van der Waals surface area contributed by atoms with E-state index in [1.165, 1.54) is 11.8 Å². The second-order valence-corrected chi connectivity index (χ2v) is 5.65. The van der Waals surface area contributed by atoms with Gasteiger partial charge in [-0.05, 0) is 6.08 Å². The highest BCUT2D eigenvalue weighted by Gasteiger charge is 2.21. The molecule has 6 nitrogen and oxygen atoms in total. The fourth-order valence-corrected chi connectivity index (χ4v) is 2.99. The number of quaternary nitrogens is 1. The van der Waals surface area contributed by atoms with Gasteiger partial charge in [-0.1, -0.05) is 35.2 Å². The predicted octanol–water partition coefficient (Wildman–Crippen LogP) is 1.43. The average Bonchev–Trinajstić information content (AvgIpc) is 2.90. The van der Waals surface area contributed by atoms with Gasteiger partial charge in [-0.3, -0.25) is 0 Å². The number of nitrogens with two attached hydrogens (primary N) is 1. The van der Waals surface area contributed by atoms with Gasteiger partial charge in [0.05, 0.1) is 17.8 Å². The molecule has 0 bridgehead atoms. The van der Waals surface area contributed by atoms with Crippen LogP contribution in [-0.4, -0.2) is 29.9 Å². The lowest BCUT2D eigenvalue weighted by molar-refractivity contribution is -0.613. The summed E-state index contributed by atoms with van der Waals surface area (Å²) in [7, 11) is 0. The summed E-state index contributed by atoms with van der Waals surface area (Å²) in [6.45, 7) is 4.02. The smallest absolute Gasteiger partial charge is 0.235 e. The van der Waals surface area contributed by atoms with Gasteiger partial charge in [0.1, 0.15) is 11.2 Å². The van der Waals surface area contributed by atoms with E-state index in [9.17, 15) is 0 Å². The van der Waals surface area contributed by atoms with E-state index >= 15 is 0 Å². The highest BCUT2D eigenvalue weighted by molar-refractivity contribution is 8.07. The fourth-order valence-electron chi connectivity index (χ4n) is 1.51. The number of fused-ring (bicyclic) bond motifs is 1. The highest BCUT2D eigenvalue weighted by atomic mass is 32.2. The van der Waals surface area contributed by atoms with Crippen LogP contribution in [0.1, 0.15) is 0 Å². The van der Waals surface area contributed by atoms with Crippen LogP contribution in [-0.2, 0) is 0 Å². The van der Waals surface area contributed by atoms with Crippen molar-refractivity contribution in [3.63, 3.8) is 0 Å². The van der Waals surface area contributed by atoms with E-state index in [1.54, 1.807) is 47.1 Å². The Morgan fingerprint density at radius 2 is 2.20 bits per heavy atom. The van der Waals surface area contributed by atoms with Gasteiger partial charge in [-0.15, -0.1) is 0 Å². The molecule has 0 aromatic rings. The van der Waals surface area contributed by atoms with Crippen LogP contribution in [0.4, 0.5) is 0 Å². The zero-order chi connectivity index (χ0) is 13.8. The van der Waals surface area contributed by atoms with Crippen molar-refractivity contribution in [1.29, 1.82) is 0 Å². The summed E-state index contributed by atoms with van der Waals surface area (Å²) >= 11 is 3.08. The van der Waals surface area contributed by atoms with Crippen LogP contribution in [0.3, 0.4) is 0 Å². The molecule has 0 saturated carbocycles. The maximum Gasteiger partial charge on any atom is 0.257 e. The summed E-state index contributed by atoms with van der Waals surface area (Å²) in [6.07, 6.45) is 8.63. The first-order chi connectivity index (χ1) is 9.83. The average molecular weight is 303 g/mol. The Morgan fingerprint density at radius 1 is 1.30 bits per heavy atom. The molecule has 0 aliphatic carbocycles. The van der Waals surface area contributed by atoms with Crippen LogP contribution in [0, 0.1) is 0 Å². The first-order valence-electron chi connectivity index (χ1n) is 5.73. The van der Waals surface area contributed by atoms with Crippen molar-refractivity contribution >= 4 is 48.4 Å². The molecule has 0 spiro atoms. The summed E-state index contributed by atoms with van der Waals surface area (Å²) in [5.41, 5.74) is 1.71. The van der Waals surface area contributed by atoms with Crippen LogP contribution in [0.25, 0.3) is 0 Å². The van der Waals surface area contributed by atoms with Crippen molar-refractivity contribution in [3.8, 4) is 0 Å². The lowest BCUT2D eigenvalue weighted by Crippen LogP contribution is -2.76. The van der Waals surface area contributed by atoms with Gasteiger partial charge in [0.15, 0.2) is 5.82 Å². The van der Waals surface area contributed by atoms with Gasteiger partial charge < -0.3 is 0 Å². The number of hydrazone groups is 1. The van der Waals surface area contributed by atoms with E-state index in [-0.39, 0.29) is 0 Å². The quantitative estimate of drug-likeness (QED) is 0.802. The van der Waals surface area contributed by atoms with Gasteiger partial charge in [0.25, 0.3) is 5.82 Å². The summed E-state index contributed by atoms with van der Waals surface area (Å²) < 4.78 is 0. The Balaban J connectivity index is 1.63. The third-order valence-corrected chi connectivity index (χ3v) is 4.01. The van der Waals surface area contributed by atoms with E-state index < -0.39 is 0 Å². The second kappa shape index (κ2) is 6.04. The molecule has 0 fully saturated rings. The molecule has 3 aliphatic heterocycles. The lowest BCUT2D eigenvalue weighted by atomic mass is 10.5. The number of allylic oxidation sites excluding steroid dienone is 1. The number of thioether (sulfide) groups is 2. The Hall–Kier alpha value is -1.90. The maximum atomic E-state index is 4.26. The molecule has 0 unspecified atom stereocenters. The minimum absolute atomic E-state index is 0.815. The number of hydrogen-bond donors (Lipinski definition) is 1. The topological polar surface area (TPSA) is 69.3 Å². The third kappa shape index (κ3) is 2.98. The van der Waals surface area contributed by atoms with Crippen molar-refractivity contribution in [2.75, 3.05) is 0 Å². The van der Waals surface area contributed by atoms with E-state index in [4.69, 9.17) is 0 Å². The van der Waals surface area contributed by atoms with E-state index in [1.807, 2.05) is 16.9 Å². The summed E-state index contributed by atoms with van der Waals surface area (Å²) in [6, 6.07) is 0. The molecule has 3 rings (SSSR count). The molecule has 0 saturated heterocycles. The SMILES string of the molecule is C=C(/C=C1\SC=C2N=CC=NN21)S/C=C1/N=CC=N[NH2+]1. The van der Waals surface area contributed by atoms with Crippen molar-refractivity contribution in [1.82, 2.24) is 5.01 Å². The highest BCUT2D eigenvalue weighted by Crippen LogP contribution is 2.37. The summed E-state index contributed by atoms with van der Waals surface area (Å²) in [4.78, 5) is 9.31. The molecule has 0 amide bonds. The van der Waals surface area contributed by atoms with Gasteiger partial charge in [-0.25, -0.2) is 15.0 Å². The van der Waals surface area contributed by atoms with Crippen molar-refractivity contribution in [3.05, 3.63) is 45.0 Å². The van der Waals surface area contributed by atoms with Gasteiger partial charge in [0.2, 0.25) is 0 Å². The first kappa shape index (κ1) is 13.1. The monoisotopic (exact) mass is 303 g/mol. The molecule has 2 N–H and O–H groups in total. The van der Waals surface area contributed by atoms with Crippen LogP contribution in [0.5, 0.6) is 0 Å². The molecule has 3 aliphatic rings. The maximum absolute atomic E-state index is 4.26. The number of hydrogen-bond acceptors (Lipinski definition) is 7. The molecular formula is C12H11N6S2+. The second-order valence-electron chi connectivity index (χ2n) is 3.76.